The maximum atomic E-state index is 12.3. The third-order valence-electron chi connectivity index (χ3n) is 2.99. The molecule has 1 amide bonds. The Morgan fingerprint density at radius 3 is 2.60 bits per heavy atom. The summed E-state index contributed by atoms with van der Waals surface area (Å²) in [5.74, 6) is 0.0148. The third kappa shape index (κ3) is 2.66. The van der Waals surface area contributed by atoms with Crippen LogP contribution in [0.3, 0.4) is 0 Å². The molecule has 0 bridgehead atoms. The highest BCUT2D eigenvalue weighted by molar-refractivity contribution is 6.06. The predicted molar refractivity (Wildman–Crippen MR) is 78.2 cm³/mol. The Hall–Kier alpha value is -2.69. The van der Waals surface area contributed by atoms with Crippen LogP contribution in [0.2, 0.25) is 0 Å². The Morgan fingerprint density at radius 1 is 1.25 bits per heavy atom. The van der Waals surface area contributed by atoms with Crippen molar-refractivity contribution in [2.75, 3.05) is 24.8 Å². The molecular formula is C15H16N2O3. The topological polar surface area (TPSA) is 75.8 Å². The lowest BCUT2D eigenvalue weighted by molar-refractivity contribution is 0.0992. The Balaban J connectivity index is 2.29. The molecule has 2 rings (SSSR count). The van der Waals surface area contributed by atoms with E-state index in [-0.39, 0.29) is 11.7 Å². The van der Waals surface area contributed by atoms with Crippen LogP contribution in [0.5, 0.6) is 11.5 Å². The van der Waals surface area contributed by atoms with Gasteiger partial charge in [0.25, 0.3) is 5.91 Å². The molecule has 0 atom stereocenters. The molecule has 2 aromatic carbocycles. The number of nitrogens with two attached hydrogens (primary N) is 1. The predicted octanol–water partition coefficient (Wildman–Crippen LogP) is 2.26. The summed E-state index contributed by atoms with van der Waals surface area (Å²) in [5, 5.41) is 9.72. The molecule has 5 heteroatoms. The monoisotopic (exact) mass is 272 g/mol. The van der Waals surface area contributed by atoms with Gasteiger partial charge in [-0.15, -0.1) is 0 Å². The quantitative estimate of drug-likeness (QED) is 0.840. The van der Waals surface area contributed by atoms with Gasteiger partial charge in [-0.25, -0.2) is 0 Å². The number of rotatable bonds is 3. The fourth-order valence-corrected chi connectivity index (χ4v) is 1.87. The molecule has 0 saturated carbocycles. The summed E-state index contributed by atoms with van der Waals surface area (Å²) in [4.78, 5) is 13.8. The molecule has 0 spiro atoms. The van der Waals surface area contributed by atoms with Gasteiger partial charge >= 0.3 is 0 Å². The molecule has 104 valence electrons. The zero-order chi connectivity index (χ0) is 14.7. The van der Waals surface area contributed by atoms with Crippen LogP contribution in [-0.2, 0) is 0 Å². The number of nitrogen functional groups attached to an aromatic ring is 1. The second-order valence-electron chi connectivity index (χ2n) is 4.35. The van der Waals surface area contributed by atoms with Crippen LogP contribution >= 0.6 is 0 Å². The summed E-state index contributed by atoms with van der Waals surface area (Å²) < 4.78 is 4.95. The number of phenolic OH excluding ortho intramolecular Hbond substituents is 1. The van der Waals surface area contributed by atoms with Crippen LogP contribution < -0.4 is 15.4 Å². The highest BCUT2D eigenvalue weighted by atomic mass is 16.5. The minimum Gasteiger partial charge on any atom is -0.504 e. The van der Waals surface area contributed by atoms with Crippen molar-refractivity contribution in [2.45, 2.75) is 0 Å². The van der Waals surface area contributed by atoms with Gasteiger partial charge in [0, 0.05) is 24.0 Å². The summed E-state index contributed by atoms with van der Waals surface area (Å²) in [6, 6.07) is 11.6. The van der Waals surface area contributed by atoms with Crippen LogP contribution in [0.4, 0.5) is 11.4 Å². The van der Waals surface area contributed by atoms with E-state index in [1.807, 2.05) is 0 Å². The number of benzene rings is 2. The van der Waals surface area contributed by atoms with Gasteiger partial charge in [-0.3, -0.25) is 4.79 Å². The van der Waals surface area contributed by atoms with Gasteiger partial charge < -0.3 is 20.5 Å². The normalized spacial score (nSPS) is 10.1. The van der Waals surface area contributed by atoms with Crippen LogP contribution in [0, 0.1) is 0 Å². The molecule has 20 heavy (non-hydrogen) atoms. The number of hydrogen-bond donors (Lipinski definition) is 2. The van der Waals surface area contributed by atoms with Crippen molar-refractivity contribution in [3.8, 4) is 11.5 Å². The minimum absolute atomic E-state index is 0.0701. The molecule has 0 saturated heterocycles. The lowest BCUT2D eigenvalue weighted by Crippen LogP contribution is -2.26. The molecule has 2 aromatic rings. The molecule has 3 N–H and O–H groups in total. The Morgan fingerprint density at radius 2 is 2.00 bits per heavy atom. The summed E-state index contributed by atoms with van der Waals surface area (Å²) >= 11 is 0. The zero-order valence-electron chi connectivity index (χ0n) is 11.3. The van der Waals surface area contributed by atoms with Crippen molar-refractivity contribution >= 4 is 17.3 Å². The fraction of sp³-hybridized carbons (Fsp3) is 0.133. The molecule has 0 fully saturated rings. The summed E-state index contributed by atoms with van der Waals surface area (Å²) in [7, 11) is 3.10. The molecule has 0 heterocycles. The van der Waals surface area contributed by atoms with E-state index in [4.69, 9.17) is 10.5 Å². The standard InChI is InChI=1S/C15H16N2O3/c1-17(12-5-3-4-11(16)9-12)15(19)10-6-7-14(20-2)13(18)8-10/h3-9,18H,16H2,1-2H3. The van der Waals surface area contributed by atoms with Crippen molar-refractivity contribution in [1.29, 1.82) is 0 Å². The van der Waals surface area contributed by atoms with Gasteiger partial charge in [0.1, 0.15) is 0 Å². The van der Waals surface area contributed by atoms with Gasteiger partial charge in [-0.1, -0.05) is 6.07 Å². The number of carbonyl (C=O) groups excluding carboxylic acids is 1. The average molecular weight is 272 g/mol. The number of hydrogen-bond acceptors (Lipinski definition) is 4. The van der Waals surface area contributed by atoms with E-state index in [2.05, 4.69) is 0 Å². The van der Waals surface area contributed by atoms with Gasteiger partial charge in [0.2, 0.25) is 0 Å². The average Bonchev–Trinajstić information content (AvgIpc) is 2.45. The molecule has 0 aliphatic rings. The summed E-state index contributed by atoms with van der Waals surface area (Å²) in [6.45, 7) is 0. The Labute approximate surface area is 117 Å². The van der Waals surface area contributed by atoms with Crippen molar-refractivity contribution in [3.05, 3.63) is 48.0 Å². The van der Waals surface area contributed by atoms with E-state index in [1.165, 1.54) is 18.1 Å². The van der Waals surface area contributed by atoms with E-state index in [1.54, 1.807) is 43.4 Å². The van der Waals surface area contributed by atoms with E-state index in [9.17, 15) is 9.90 Å². The van der Waals surface area contributed by atoms with Crippen LogP contribution in [0.15, 0.2) is 42.5 Å². The SMILES string of the molecule is COc1ccc(C(=O)N(C)c2cccc(N)c2)cc1O. The molecule has 0 unspecified atom stereocenters. The first-order valence-electron chi connectivity index (χ1n) is 6.03. The first kappa shape index (κ1) is 13.7. The van der Waals surface area contributed by atoms with Crippen LogP contribution in [-0.4, -0.2) is 25.2 Å². The number of anilines is 2. The van der Waals surface area contributed by atoms with Gasteiger partial charge in [-0.05, 0) is 36.4 Å². The van der Waals surface area contributed by atoms with Crippen molar-refractivity contribution in [3.63, 3.8) is 0 Å². The third-order valence-corrected chi connectivity index (χ3v) is 2.99. The highest BCUT2D eigenvalue weighted by Crippen LogP contribution is 2.27. The number of nitrogens with zero attached hydrogens (tertiary/aromatic N) is 1. The maximum Gasteiger partial charge on any atom is 0.258 e. The zero-order valence-corrected chi connectivity index (χ0v) is 11.3. The van der Waals surface area contributed by atoms with E-state index in [0.29, 0.717) is 22.7 Å². The minimum atomic E-state index is -0.242. The number of methoxy groups -OCH3 is 1. The Kier molecular flexibility index (Phi) is 3.79. The highest BCUT2D eigenvalue weighted by Gasteiger charge is 2.15. The fourth-order valence-electron chi connectivity index (χ4n) is 1.87. The molecule has 0 aliphatic carbocycles. The maximum absolute atomic E-state index is 12.3. The number of aromatic hydroxyl groups is 1. The second-order valence-corrected chi connectivity index (χ2v) is 4.35. The lowest BCUT2D eigenvalue weighted by atomic mass is 10.1. The van der Waals surface area contributed by atoms with Gasteiger partial charge in [-0.2, -0.15) is 0 Å². The first-order chi connectivity index (χ1) is 9.52. The lowest BCUT2D eigenvalue weighted by Gasteiger charge is -2.18. The van der Waals surface area contributed by atoms with E-state index < -0.39 is 0 Å². The van der Waals surface area contributed by atoms with Crippen molar-refractivity contribution in [2.24, 2.45) is 0 Å². The van der Waals surface area contributed by atoms with Crippen molar-refractivity contribution < 1.29 is 14.6 Å². The summed E-state index contributed by atoms with van der Waals surface area (Å²) in [6.07, 6.45) is 0. The van der Waals surface area contributed by atoms with Crippen molar-refractivity contribution in [1.82, 2.24) is 0 Å². The van der Waals surface area contributed by atoms with E-state index in [0.717, 1.165) is 0 Å². The molecule has 0 radical (unpaired) electrons. The summed E-state index contributed by atoms with van der Waals surface area (Å²) in [5.41, 5.74) is 7.34. The second kappa shape index (κ2) is 5.52. The van der Waals surface area contributed by atoms with Gasteiger partial charge in [0.05, 0.1) is 7.11 Å². The molecule has 0 aromatic heterocycles. The number of carbonyl (C=O) groups is 1. The molecule has 5 nitrogen and oxygen atoms in total. The van der Waals surface area contributed by atoms with Gasteiger partial charge in [0.15, 0.2) is 11.5 Å². The number of ether oxygens (including phenoxy) is 1. The first-order valence-corrected chi connectivity index (χ1v) is 6.03. The van der Waals surface area contributed by atoms with Crippen LogP contribution in [0.1, 0.15) is 10.4 Å². The molecular weight excluding hydrogens is 256 g/mol. The largest absolute Gasteiger partial charge is 0.504 e. The van der Waals surface area contributed by atoms with E-state index >= 15 is 0 Å². The number of amides is 1. The number of phenols is 1. The van der Waals surface area contributed by atoms with Crippen LogP contribution in [0.25, 0.3) is 0 Å². The molecule has 0 aliphatic heterocycles. The smallest absolute Gasteiger partial charge is 0.258 e. The Bertz CT molecular complexity index is 641.